The highest BCUT2D eigenvalue weighted by molar-refractivity contribution is 7.98. The predicted octanol–water partition coefficient (Wildman–Crippen LogP) is 4.82. The largest absolute Gasteiger partial charge is 0.294 e. The summed E-state index contributed by atoms with van der Waals surface area (Å²) in [5, 5.41) is 0.655. The number of benzene rings is 1. The van der Waals surface area contributed by atoms with E-state index in [0.29, 0.717) is 5.02 Å². The van der Waals surface area contributed by atoms with Crippen molar-refractivity contribution < 1.29 is 4.79 Å². The number of hydrogen-bond acceptors (Lipinski definition) is 2. The third kappa shape index (κ3) is 3.05. The van der Waals surface area contributed by atoms with Gasteiger partial charge in [0.15, 0.2) is 5.78 Å². The summed E-state index contributed by atoms with van der Waals surface area (Å²) < 4.78 is 0. The van der Waals surface area contributed by atoms with Crippen molar-refractivity contribution in [2.45, 2.75) is 37.0 Å². The number of thioether (sulfide) groups is 1. The maximum absolute atomic E-state index is 12.5. The lowest BCUT2D eigenvalue weighted by Gasteiger charge is -2.21. The van der Waals surface area contributed by atoms with E-state index in [9.17, 15) is 4.79 Å². The highest BCUT2D eigenvalue weighted by atomic mass is 35.5. The van der Waals surface area contributed by atoms with Crippen LogP contribution in [0.3, 0.4) is 0 Å². The van der Waals surface area contributed by atoms with Crippen molar-refractivity contribution >= 4 is 29.1 Å². The molecule has 3 heteroatoms. The molecule has 0 aromatic heterocycles. The lowest BCUT2D eigenvalue weighted by atomic mass is 9.84. The predicted molar refractivity (Wildman–Crippen MR) is 74.1 cm³/mol. The van der Waals surface area contributed by atoms with Gasteiger partial charge in [0.1, 0.15) is 0 Å². The summed E-state index contributed by atoms with van der Waals surface area (Å²) in [6.45, 7) is 0. The molecule has 17 heavy (non-hydrogen) atoms. The van der Waals surface area contributed by atoms with Gasteiger partial charge in [-0.2, -0.15) is 0 Å². The van der Waals surface area contributed by atoms with Gasteiger partial charge < -0.3 is 0 Å². The zero-order valence-corrected chi connectivity index (χ0v) is 11.6. The molecule has 0 aliphatic heterocycles. The van der Waals surface area contributed by atoms with Gasteiger partial charge in [0.05, 0.1) is 0 Å². The zero-order valence-electron chi connectivity index (χ0n) is 10.0. The molecule has 1 aromatic carbocycles. The molecule has 1 aromatic rings. The van der Waals surface area contributed by atoms with Crippen LogP contribution in [0.15, 0.2) is 23.1 Å². The van der Waals surface area contributed by atoms with Crippen LogP contribution in [0.25, 0.3) is 0 Å². The van der Waals surface area contributed by atoms with Crippen LogP contribution in [0.2, 0.25) is 5.02 Å². The quantitative estimate of drug-likeness (QED) is 0.577. The Morgan fingerprint density at radius 2 is 2.00 bits per heavy atom. The van der Waals surface area contributed by atoms with Gasteiger partial charge in [0.25, 0.3) is 0 Å². The van der Waals surface area contributed by atoms with E-state index in [1.807, 2.05) is 24.5 Å². The third-order valence-corrected chi connectivity index (χ3v) is 4.43. The number of rotatable bonds is 3. The number of carbonyl (C=O) groups excluding carboxylic acids is 1. The number of ketones is 1. The summed E-state index contributed by atoms with van der Waals surface area (Å²) in [6, 6.07) is 5.62. The first-order valence-electron chi connectivity index (χ1n) is 6.10. The smallest absolute Gasteiger partial charge is 0.167 e. The lowest BCUT2D eigenvalue weighted by molar-refractivity contribution is 0.0886. The van der Waals surface area contributed by atoms with Gasteiger partial charge >= 0.3 is 0 Å². The Hall–Kier alpha value is -0.470. The fourth-order valence-electron chi connectivity index (χ4n) is 2.46. The Morgan fingerprint density at radius 3 is 2.65 bits per heavy atom. The average Bonchev–Trinajstić information content (AvgIpc) is 2.39. The second-order valence-corrected chi connectivity index (χ2v) is 5.83. The Balaban J connectivity index is 2.25. The second-order valence-electron chi connectivity index (χ2n) is 4.54. The Morgan fingerprint density at radius 1 is 1.29 bits per heavy atom. The Bertz CT molecular complexity index is 411. The molecule has 0 N–H and O–H groups in total. The SMILES string of the molecule is CSc1ccc(Cl)cc1C(=O)C1CCCCC1. The summed E-state index contributed by atoms with van der Waals surface area (Å²) in [5.41, 5.74) is 0.817. The maximum Gasteiger partial charge on any atom is 0.167 e. The molecule has 0 atom stereocenters. The van der Waals surface area contributed by atoms with Crippen molar-refractivity contribution in [1.29, 1.82) is 0 Å². The summed E-state index contributed by atoms with van der Waals surface area (Å²) in [5.74, 6) is 0.504. The zero-order chi connectivity index (χ0) is 12.3. The van der Waals surface area contributed by atoms with E-state index in [-0.39, 0.29) is 11.7 Å². The minimum absolute atomic E-state index is 0.216. The molecule has 1 saturated carbocycles. The van der Waals surface area contributed by atoms with Crippen molar-refractivity contribution in [3.63, 3.8) is 0 Å². The van der Waals surface area contributed by atoms with Crippen LogP contribution in [0.4, 0.5) is 0 Å². The van der Waals surface area contributed by atoms with Crippen LogP contribution in [0, 0.1) is 5.92 Å². The fourth-order valence-corrected chi connectivity index (χ4v) is 3.21. The van der Waals surface area contributed by atoms with E-state index < -0.39 is 0 Å². The molecule has 0 radical (unpaired) electrons. The highest BCUT2D eigenvalue weighted by Gasteiger charge is 2.24. The van der Waals surface area contributed by atoms with Crippen LogP contribution in [-0.2, 0) is 0 Å². The lowest BCUT2D eigenvalue weighted by Crippen LogP contribution is -2.18. The number of halogens is 1. The van der Waals surface area contributed by atoms with Crippen LogP contribution in [0.5, 0.6) is 0 Å². The number of carbonyl (C=O) groups is 1. The summed E-state index contributed by atoms with van der Waals surface area (Å²) in [7, 11) is 0. The minimum atomic E-state index is 0.216. The van der Waals surface area contributed by atoms with E-state index in [0.717, 1.165) is 23.3 Å². The third-order valence-electron chi connectivity index (χ3n) is 3.40. The molecule has 1 nitrogen and oxygen atoms in total. The molecule has 1 aliphatic carbocycles. The molecule has 0 unspecified atom stereocenters. The fraction of sp³-hybridized carbons (Fsp3) is 0.500. The van der Waals surface area contributed by atoms with Crippen molar-refractivity contribution in [2.24, 2.45) is 5.92 Å². The molecule has 1 fully saturated rings. The number of hydrogen-bond donors (Lipinski definition) is 0. The van der Waals surface area contributed by atoms with E-state index in [4.69, 9.17) is 11.6 Å². The Kier molecular flexibility index (Phi) is 4.52. The van der Waals surface area contributed by atoms with Crippen molar-refractivity contribution in [3.8, 4) is 0 Å². The van der Waals surface area contributed by atoms with E-state index in [2.05, 4.69) is 0 Å². The van der Waals surface area contributed by atoms with Gasteiger partial charge in [-0.3, -0.25) is 4.79 Å². The maximum atomic E-state index is 12.5. The molecule has 2 rings (SSSR count). The van der Waals surface area contributed by atoms with E-state index in [1.165, 1.54) is 19.3 Å². The van der Waals surface area contributed by atoms with Crippen molar-refractivity contribution in [1.82, 2.24) is 0 Å². The monoisotopic (exact) mass is 268 g/mol. The van der Waals surface area contributed by atoms with Gasteiger partial charge in [0, 0.05) is 21.4 Å². The van der Waals surface area contributed by atoms with Crippen LogP contribution < -0.4 is 0 Å². The van der Waals surface area contributed by atoms with Gasteiger partial charge in [0.2, 0.25) is 0 Å². The van der Waals surface area contributed by atoms with Gasteiger partial charge in [-0.05, 0) is 37.3 Å². The molecule has 92 valence electrons. The van der Waals surface area contributed by atoms with Crippen LogP contribution >= 0.6 is 23.4 Å². The van der Waals surface area contributed by atoms with Crippen molar-refractivity contribution in [3.05, 3.63) is 28.8 Å². The standard InChI is InChI=1S/C14H17ClOS/c1-17-13-8-7-11(15)9-12(13)14(16)10-5-3-2-4-6-10/h7-10H,2-6H2,1H3. The van der Waals surface area contributed by atoms with E-state index >= 15 is 0 Å². The molecular weight excluding hydrogens is 252 g/mol. The molecule has 0 heterocycles. The first kappa shape index (κ1) is 13.0. The first-order valence-corrected chi connectivity index (χ1v) is 7.70. The molecule has 0 amide bonds. The molecule has 0 saturated heterocycles. The highest BCUT2D eigenvalue weighted by Crippen LogP contribution is 2.31. The molecule has 0 spiro atoms. The van der Waals surface area contributed by atoms with Gasteiger partial charge in [-0.1, -0.05) is 30.9 Å². The van der Waals surface area contributed by atoms with E-state index in [1.54, 1.807) is 11.8 Å². The summed E-state index contributed by atoms with van der Waals surface area (Å²) in [4.78, 5) is 13.5. The summed E-state index contributed by atoms with van der Waals surface area (Å²) in [6.07, 6.45) is 7.73. The number of Topliss-reactive ketones (excluding diaryl/α,β-unsaturated/α-hetero) is 1. The second kappa shape index (κ2) is 5.92. The first-order chi connectivity index (χ1) is 8.22. The molecule has 1 aliphatic rings. The average molecular weight is 269 g/mol. The minimum Gasteiger partial charge on any atom is -0.294 e. The van der Waals surface area contributed by atoms with Gasteiger partial charge in [-0.25, -0.2) is 0 Å². The van der Waals surface area contributed by atoms with Crippen LogP contribution in [-0.4, -0.2) is 12.0 Å². The van der Waals surface area contributed by atoms with Crippen molar-refractivity contribution in [2.75, 3.05) is 6.26 Å². The Labute approximate surface area is 112 Å². The van der Waals surface area contributed by atoms with Crippen LogP contribution in [0.1, 0.15) is 42.5 Å². The summed E-state index contributed by atoms with van der Waals surface area (Å²) >= 11 is 7.61. The topological polar surface area (TPSA) is 17.1 Å². The molecular formula is C14H17ClOS. The van der Waals surface area contributed by atoms with Gasteiger partial charge in [-0.15, -0.1) is 11.8 Å². The molecule has 0 bridgehead atoms. The normalized spacial score (nSPS) is 17.1.